The van der Waals surface area contributed by atoms with Crippen molar-refractivity contribution in [2.75, 3.05) is 13.7 Å². The number of hydrogen-bond acceptors (Lipinski definition) is 5. The minimum Gasteiger partial charge on any atom is -0.496 e. The number of hydrogen-bond donors (Lipinski definition) is 0. The predicted octanol–water partition coefficient (Wildman–Crippen LogP) is 4.65. The first kappa shape index (κ1) is 16.9. The van der Waals surface area contributed by atoms with Crippen LogP contribution in [0.4, 0.5) is 0 Å². The molecule has 1 aliphatic heterocycles. The third kappa shape index (κ3) is 3.49. The van der Waals surface area contributed by atoms with Crippen LogP contribution in [0.2, 0.25) is 0 Å². The molecule has 3 heterocycles. The van der Waals surface area contributed by atoms with Gasteiger partial charge in [-0.05, 0) is 37.1 Å². The minimum absolute atomic E-state index is 0.632. The maximum Gasteiger partial charge on any atom is 0.131 e. The van der Waals surface area contributed by atoms with E-state index in [1.807, 2.05) is 23.5 Å². The van der Waals surface area contributed by atoms with Gasteiger partial charge in [0.25, 0.3) is 0 Å². The van der Waals surface area contributed by atoms with E-state index in [0.717, 1.165) is 37.6 Å². The lowest BCUT2D eigenvalue weighted by Crippen LogP contribution is -2.30. The average Bonchev–Trinajstić information content (AvgIpc) is 3.47. The van der Waals surface area contributed by atoms with Gasteiger partial charge in [-0.2, -0.15) is 0 Å². The number of rotatable bonds is 5. The van der Waals surface area contributed by atoms with Gasteiger partial charge in [-0.15, -0.1) is 11.3 Å². The zero-order valence-corrected chi connectivity index (χ0v) is 16.3. The van der Waals surface area contributed by atoms with E-state index in [0.29, 0.717) is 5.92 Å². The molecule has 138 valence electrons. The van der Waals surface area contributed by atoms with Crippen LogP contribution < -0.4 is 4.74 Å². The van der Waals surface area contributed by atoms with E-state index in [4.69, 9.17) is 9.72 Å². The Bertz CT molecular complexity index is 964. The van der Waals surface area contributed by atoms with E-state index in [1.165, 1.54) is 39.4 Å². The number of thiophene rings is 1. The first-order chi connectivity index (χ1) is 13.3. The Morgan fingerprint density at radius 3 is 2.93 bits per heavy atom. The molecule has 0 spiro atoms. The van der Waals surface area contributed by atoms with Gasteiger partial charge in [-0.25, -0.2) is 9.97 Å². The Kier molecular flexibility index (Phi) is 4.42. The highest BCUT2D eigenvalue weighted by molar-refractivity contribution is 7.15. The summed E-state index contributed by atoms with van der Waals surface area (Å²) in [6.45, 7) is 2.99. The van der Waals surface area contributed by atoms with Crippen molar-refractivity contribution in [3.8, 4) is 16.2 Å². The first-order valence-electron chi connectivity index (χ1n) is 9.59. The van der Waals surface area contributed by atoms with Crippen molar-refractivity contribution < 1.29 is 4.74 Å². The topological polar surface area (TPSA) is 38.2 Å². The summed E-state index contributed by atoms with van der Waals surface area (Å²) in [5, 5.41) is 0. The number of methoxy groups -OCH3 is 1. The molecule has 0 bridgehead atoms. The molecule has 1 fully saturated rings. The average molecular weight is 378 g/mol. The van der Waals surface area contributed by atoms with E-state index < -0.39 is 0 Å². The van der Waals surface area contributed by atoms with Crippen LogP contribution in [0.5, 0.6) is 5.75 Å². The van der Waals surface area contributed by atoms with Crippen molar-refractivity contribution in [1.29, 1.82) is 0 Å². The summed E-state index contributed by atoms with van der Waals surface area (Å²) in [7, 11) is 1.73. The second kappa shape index (κ2) is 7.06. The standard InChI is InChI=1S/C22H23N3OS/c1-26-20-5-3-2-4-18(20)21-9-8-17(27-21)14-25-11-10-19-16(13-25)12-23-22(24-19)15-6-7-15/h2-5,8-9,12,15H,6-7,10-11,13-14H2,1H3. The molecule has 2 aliphatic rings. The molecule has 4 nitrogen and oxygen atoms in total. The van der Waals surface area contributed by atoms with E-state index in [-0.39, 0.29) is 0 Å². The second-order valence-corrected chi connectivity index (χ2v) is 8.57. The SMILES string of the molecule is COc1ccccc1-c1ccc(CN2CCc3nc(C4CC4)ncc3C2)s1. The molecule has 0 unspecified atom stereocenters. The molecule has 0 atom stereocenters. The van der Waals surface area contributed by atoms with Crippen molar-refractivity contribution in [2.45, 2.75) is 38.3 Å². The van der Waals surface area contributed by atoms with Gasteiger partial charge in [0, 0.05) is 64.7 Å². The quantitative estimate of drug-likeness (QED) is 0.649. The van der Waals surface area contributed by atoms with Crippen LogP contribution in [-0.4, -0.2) is 28.5 Å². The number of nitrogens with zero attached hydrogens (tertiary/aromatic N) is 3. The summed E-state index contributed by atoms with van der Waals surface area (Å²) in [4.78, 5) is 14.6. The lowest BCUT2D eigenvalue weighted by Gasteiger charge is -2.27. The van der Waals surface area contributed by atoms with E-state index >= 15 is 0 Å². The van der Waals surface area contributed by atoms with Crippen molar-refractivity contribution in [1.82, 2.24) is 14.9 Å². The van der Waals surface area contributed by atoms with Gasteiger partial charge in [0.05, 0.1) is 7.11 Å². The van der Waals surface area contributed by atoms with Gasteiger partial charge < -0.3 is 4.74 Å². The highest BCUT2D eigenvalue weighted by Gasteiger charge is 2.28. The van der Waals surface area contributed by atoms with E-state index in [9.17, 15) is 0 Å². The Morgan fingerprint density at radius 2 is 2.07 bits per heavy atom. The summed E-state index contributed by atoms with van der Waals surface area (Å²) < 4.78 is 5.51. The molecule has 2 aromatic heterocycles. The van der Waals surface area contributed by atoms with Gasteiger partial charge in [0.15, 0.2) is 0 Å². The summed E-state index contributed by atoms with van der Waals surface area (Å²) in [6, 6.07) is 12.7. The van der Waals surface area contributed by atoms with Crippen LogP contribution in [-0.2, 0) is 19.5 Å². The molecule has 27 heavy (non-hydrogen) atoms. The van der Waals surface area contributed by atoms with Crippen LogP contribution in [0.3, 0.4) is 0 Å². The van der Waals surface area contributed by atoms with Gasteiger partial charge in [0.1, 0.15) is 11.6 Å². The fraction of sp³-hybridized carbons (Fsp3) is 0.364. The number of aromatic nitrogens is 2. The minimum atomic E-state index is 0.632. The molecule has 1 aromatic carbocycles. The number of ether oxygens (including phenoxy) is 1. The molecule has 5 heteroatoms. The maximum atomic E-state index is 5.51. The number of para-hydroxylation sites is 1. The van der Waals surface area contributed by atoms with Crippen molar-refractivity contribution in [3.63, 3.8) is 0 Å². The molecular formula is C22H23N3OS. The number of fused-ring (bicyclic) bond motifs is 1. The van der Waals surface area contributed by atoms with Gasteiger partial charge in [-0.1, -0.05) is 12.1 Å². The molecule has 0 N–H and O–H groups in total. The van der Waals surface area contributed by atoms with Crippen LogP contribution in [0, 0.1) is 0 Å². The Morgan fingerprint density at radius 1 is 1.19 bits per heavy atom. The van der Waals surface area contributed by atoms with Crippen molar-refractivity contribution in [2.24, 2.45) is 0 Å². The van der Waals surface area contributed by atoms with Crippen molar-refractivity contribution in [3.05, 3.63) is 64.6 Å². The molecule has 0 amide bonds. The van der Waals surface area contributed by atoms with Crippen molar-refractivity contribution >= 4 is 11.3 Å². The highest BCUT2D eigenvalue weighted by atomic mass is 32.1. The second-order valence-electron chi connectivity index (χ2n) is 7.40. The molecule has 3 aromatic rings. The normalized spacial score (nSPS) is 16.9. The van der Waals surface area contributed by atoms with Gasteiger partial charge in [0.2, 0.25) is 0 Å². The monoisotopic (exact) mass is 377 g/mol. The van der Waals surface area contributed by atoms with Crippen LogP contribution >= 0.6 is 11.3 Å². The molecular weight excluding hydrogens is 354 g/mol. The molecule has 1 aliphatic carbocycles. The highest BCUT2D eigenvalue weighted by Crippen LogP contribution is 2.38. The zero-order valence-electron chi connectivity index (χ0n) is 15.5. The summed E-state index contributed by atoms with van der Waals surface area (Å²) >= 11 is 1.85. The molecule has 1 saturated carbocycles. The predicted molar refractivity (Wildman–Crippen MR) is 108 cm³/mol. The molecule has 5 rings (SSSR count). The zero-order chi connectivity index (χ0) is 18.2. The third-order valence-electron chi connectivity index (χ3n) is 5.39. The fourth-order valence-corrected chi connectivity index (χ4v) is 4.82. The third-order valence-corrected chi connectivity index (χ3v) is 6.49. The lowest BCUT2D eigenvalue weighted by molar-refractivity contribution is 0.244. The Labute approximate surface area is 163 Å². The van der Waals surface area contributed by atoms with Crippen LogP contribution in [0.1, 0.15) is 40.7 Å². The number of benzene rings is 1. The molecule has 0 radical (unpaired) electrons. The smallest absolute Gasteiger partial charge is 0.131 e. The van der Waals surface area contributed by atoms with E-state index in [2.05, 4.69) is 40.3 Å². The lowest BCUT2D eigenvalue weighted by atomic mass is 10.1. The fourth-order valence-electron chi connectivity index (χ4n) is 3.74. The summed E-state index contributed by atoms with van der Waals surface area (Å²) in [5.41, 5.74) is 3.73. The van der Waals surface area contributed by atoms with Gasteiger partial charge >= 0.3 is 0 Å². The van der Waals surface area contributed by atoms with E-state index in [1.54, 1.807) is 7.11 Å². The van der Waals surface area contributed by atoms with Crippen LogP contribution in [0.15, 0.2) is 42.6 Å². The maximum absolute atomic E-state index is 5.51. The summed E-state index contributed by atoms with van der Waals surface area (Å²) in [5.74, 6) is 2.64. The molecule has 0 saturated heterocycles. The first-order valence-corrected chi connectivity index (χ1v) is 10.4. The Hall–Kier alpha value is -2.24. The van der Waals surface area contributed by atoms with Crippen LogP contribution in [0.25, 0.3) is 10.4 Å². The summed E-state index contributed by atoms with van der Waals surface area (Å²) in [6.07, 6.45) is 5.62. The largest absolute Gasteiger partial charge is 0.496 e. The van der Waals surface area contributed by atoms with Gasteiger partial charge in [-0.3, -0.25) is 4.90 Å². The Balaban J connectivity index is 1.30.